The van der Waals surface area contributed by atoms with Gasteiger partial charge < -0.3 is 19.7 Å². The van der Waals surface area contributed by atoms with Crippen LogP contribution < -0.4 is 0 Å². The number of halogens is 1. The van der Waals surface area contributed by atoms with Crippen LogP contribution in [0.2, 0.25) is 0 Å². The van der Waals surface area contributed by atoms with Gasteiger partial charge in [0.15, 0.2) is 11.9 Å². The predicted octanol–water partition coefficient (Wildman–Crippen LogP) is 1.93. The molecular weight excluding hydrogens is 412 g/mol. The molecule has 2 N–H and O–H groups in total. The van der Waals surface area contributed by atoms with Crippen LogP contribution in [0.1, 0.15) is 40.5 Å². The number of esters is 2. The van der Waals surface area contributed by atoms with Crippen LogP contribution in [0.4, 0.5) is 0 Å². The van der Waals surface area contributed by atoms with Gasteiger partial charge in [-0.25, -0.2) is 0 Å². The Kier molecular flexibility index (Phi) is 6.20. The zero-order chi connectivity index (χ0) is 22.4. The van der Waals surface area contributed by atoms with Crippen LogP contribution in [-0.2, 0) is 23.9 Å². The lowest BCUT2D eigenvalue weighted by molar-refractivity contribution is -0.185. The van der Waals surface area contributed by atoms with Crippen LogP contribution in [0, 0.1) is 23.2 Å². The number of carbonyl (C=O) groups excluding carboxylic acids is 3. The highest BCUT2D eigenvalue weighted by molar-refractivity contribution is 6.19. The van der Waals surface area contributed by atoms with Gasteiger partial charge in [-0.3, -0.25) is 14.4 Å². The summed E-state index contributed by atoms with van der Waals surface area (Å²) >= 11 is 6.09. The van der Waals surface area contributed by atoms with Crippen LogP contribution >= 0.6 is 11.6 Å². The third-order valence-electron chi connectivity index (χ3n) is 7.16. The second-order valence-corrected chi connectivity index (χ2v) is 9.19. The molecule has 8 atom stereocenters. The minimum Gasteiger partial charge on any atom is -0.462 e. The summed E-state index contributed by atoms with van der Waals surface area (Å²) in [5.74, 6) is -3.68. The second kappa shape index (κ2) is 8.09. The van der Waals surface area contributed by atoms with E-state index in [1.807, 2.05) is 0 Å². The predicted molar refractivity (Wildman–Crippen MR) is 108 cm³/mol. The zero-order valence-electron chi connectivity index (χ0n) is 17.6. The van der Waals surface area contributed by atoms with Gasteiger partial charge in [0.1, 0.15) is 11.7 Å². The first-order valence-corrected chi connectivity index (χ1v) is 10.8. The molecule has 1 aliphatic heterocycles. The monoisotopic (exact) mass is 440 g/mol. The van der Waals surface area contributed by atoms with Gasteiger partial charge >= 0.3 is 11.9 Å². The number of alkyl halides is 1. The number of aliphatic hydroxyl groups is 2. The third-order valence-corrected chi connectivity index (χ3v) is 7.50. The van der Waals surface area contributed by atoms with Crippen molar-refractivity contribution in [2.75, 3.05) is 5.88 Å². The fourth-order valence-corrected chi connectivity index (χ4v) is 5.46. The number of allylic oxidation sites excluding steroid dienone is 2. The van der Waals surface area contributed by atoms with Crippen molar-refractivity contribution in [2.24, 2.45) is 23.2 Å². The first kappa shape index (κ1) is 23.0. The topological polar surface area (TPSA) is 110 Å². The largest absolute Gasteiger partial charge is 0.462 e. The molecule has 0 aromatic heterocycles. The molecule has 2 aliphatic carbocycles. The van der Waals surface area contributed by atoms with E-state index in [1.54, 1.807) is 26.0 Å². The van der Waals surface area contributed by atoms with Gasteiger partial charge in [0, 0.05) is 30.1 Å². The van der Waals surface area contributed by atoms with Crippen molar-refractivity contribution in [3.05, 3.63) is 23.8 Å². The number of aliphatic hydroxyl groups excluding tert-OH is 1. The zero-order valence-corrected chi connectivity index (χ0v) is 18.4. The maximum Gasteiger partial charge on any atom is 0.312 e. The van der Waals surface area contributed by atoms with Gasteiger partial charge in [0.25, 0.3) is 0 Å². The molecule has 1 fully saturated rings. The Labute approximate surface area is 181 Å². The van der Waals surface area contributed by atoms with Crippen LogP contribution in [-0.4, -0.2) is 57.7 Å². The maximum atomic E-state index is 12.5. The Morgan fingerprint density at radius 1 is 1.37 bits per heavy atom. The lowest BCUT2D eigenvalue weighted by atomic mass is 9.56. The number of hydrogen-bond acceptors (Lipinski definition) is 7. The van der Waals surface area contributed by atoms with E-state index in [1.165, 1.54) is 19.9 Å². The number of fused-ring (bicyclic) bond motifs is 2. The molecule has 7 nitrogen and oxygen atoms in total. The Morgan fingerprint density at radius 3 is 2.63 bits per heavy atom. The summed E-state index contributed by atoms with van der Waals surface area (Å²) in [6, 6.07) is 0. The minimum absolute atomic E-state index is 0.131. The van der Waals surface area contributed by atoms with Crippen molar-refractivity contribution < 1.29 is 34.1 Å². The van der Waals surface area contributed by atoms with E-state index in [-0.39, 0.29) is 11.7 Å². The summed E-state index contributed by atoms with van der Waals surface area (Å²) in [5.41, 5.74) is -2.21. The molecule has 0 unspecified atom stereocenters. The van der Waals surface area contributed by atoms with E-state index < -0.39 is 59.0 Å². The lowest BCUT2D eigenvalue weighted by Gasteiger charge is -2.51. The van der Waals surface area contributed by atoms with E-state index in [4.69, 9.17) is 21.1 Å². The van der Waals surface area contributed by atoms with Crippen molar-refractivity contribution in [3.63, 3.8) is 0 Å². The molecule has 0 amide bonds. The number of ketones is 1. The fourth-order valence-electron chi connectivity index (χ4n) is 5.23. The van der Waals surface area contributed by atoms with E-state index in [2.05, 4.69) is 0 Å². The maximum absolute atomic E-state index is 12.5. The molecule has 0 saturated carbocycles. The highest BCUT2D eigenvalue weighted by Crippen LogP contribution is 2.51. The molecule has 3 aliphatic rings. The number of hydrogen-bond donors (Lipinski definition) is 2. The Balaban J connectivity index is 2.22. The number of rotatable bonds is 2. The quantitative estimate of drug-likeness (QED) is 0.383. The summed E-state index contributed by atoms with van der Waals surface area (Å²) in [6.07, 6.45) is 2.26. The molecule has 0 radical (unpaired) electrons. The summed E-state index contributed by atoms with van der Waals surface area (Å²) in [6.45, 7) is 6.29. The van der Waals surface area contributed by atoms with Gasteiger partial charge in [0.05, 0.1) is 12.0 Å². The standard InChI is InChI=1S/C22H29ClO7/c1-11-15(25)7-8-21(4)16(29-13(3)24)6-5-14(10-23)9-17-22(28,19(26)18(11)21)12(2)20(27)30-17/h7-9,11-12,16-19,26,28H,5-6,10H2,1-4H3/b14-9+/t11-,12-,16-,17-,18+,19-,21+,22-/m0/s1. The molecule has 3 rings (SSSR count). The van der Waals surface area contributed by atoms with E-state index in [0.717, 1.165) is 0 Å². The normalized spacial score (nSPS) is 45.6. The average Bonchev–Trinajstić information content (AvgIpc) is 2.90. The minimum atomic E-state index is -1.96. The van der Waals surface area contributed by atoms with E-state index in [9.17, 15) is 24.6 Å². The Hall–Kier alpha value is -1.70. The number of ether oxygens (including phenoxy) is 2. The van der Waals surface area contributed by atoms with Crippen LogP contribution in [0.15, 0.2) is 23.8 Å². The molecule has 1 heterocycles. The molecule has 0 spiro atoms. The van der Waals surface area contributed by atoms with Crippen molar-refractivity contribution in [1.82, 2.24) is 0 Å². The van der Waals surface area contributed by atoms with Crippen LogP contribution in [0.5, 0.6) is 0 Å². The number of carbonyl (C=O) groups is 3. The van der Waals surface area contributed by atoms with Crippen molar-refractivity contribution in [2.45, 2.75) is 64.4 Å². The smallest absolute Gasteiger partial charge is 0.312 e. The summed E-state index contributed by atoms with van der Waals surface area (Å²) in [4.78, 5) is 36.8. The molecule has 166 valence electrons. The van der Waals surface area contributed by atoms with Gasteiger partial charge in [-0.2, -0.15) is 0 Å². The highest BCUT2D eigenvalue weighted by Gasteiger charge is 2.64. The SMILES string of the molecule is CC(=O)O[C@H]1CC/C(CCl)=C\[C@@H]2OC(=O)[C@H](C)[C@@]2(O)[C@@H](O)[C@H]2[C@@H](C)C(=O)C=C[C@@]21C. The first-order chi connectivity index (χ1) is 14.0. The molecular formula is C22H29ClO7. The first-order valence-electron chi connectivity index (χ1n) is 10.2. The van der Waals surface area contributed by atoms with Crippen LogP contribution in [0.25, 0.3) is 0 Å². The lowest BCUT2D eigenvalue weighted by Crippen LogP contribution is -2.62. The molecule has 0 bridgehead atoms. The fraction of sp³-hybridized carbons (Fsp3) is 0.682. The van der Waals surface area contributed by atoms with Gasteiger partial charge in [-0.05, 0) is 31.9 Å². The van der Waals surface area contributed by atoms with Gasteiger partial charge in [-0.1, -0.05) is 25.5 Å². The van der Waals surface area contributed by atoms with Crippen molar-refractivity contribution >= 4 is 29.3 Å². The molecule has 0 aromatic carbocycles. The highest BCUT2D eigenvalue weighted by atomic mass is 35.5. The Morgan fingerprint density at radius 2 is 2.03 bits per heavy atom. The molecule has 8 heteroatoms. The summed E-state index contributed by atoms with van der Waals surface area (Å²) in [5, 5.41) is 23.2. The average molecular weight is 441 g/mol. The van der Waals surface area contributed by atoms with Gasteiger partial charge in [-0.15, -0.1) is 11.6 Å². The van der Waals surface area contributed by atoms with E-state index in [0.29, 0.717) is 18.4 Å². The summed E-state index contributed by atoms with van der Waals surface area (Å²) < 4.78 is 11.1. The van der Waals surface area contributed by atoms with Crippen LogP contribution in [0.3, 0.4) is 0 Å². The second-order valence-electron chi connectivity index (χ2n) is 8.92. The van der Waals surface area contributed by atoms with Gasteiger partial charge in [0.2, 0.25) is 0 Å². The Bertz CT molecular complexity index is 805. The molecule has 0 aromatic rings. The third kappa shape index (κ3) is 3.51. The molecule has 30 heavy (non-hydrogen) atoms. The van der Waals surface area contributed by atoms with E-state index >= 15 is 0 Å². The van der Waals surface area contributed by atoms with Crippen molar-refractivity contribution in [1.29, 1.82) is 0 Å². The van der Waals surface area contributed by atoms with Crippen molar-refractivity contribution in [3.8, 4) is 0 Å². The summed E-state index contributed by atoms with van der Waals surface area (Å²) in [7, 11) is 0. The molecule has 1 saturated heterocycles.